The number of anilines is 1. The number of hydrogen-bond acceptors (Lipinski definition) is 4. The number of hydrogen-bond donors (Lipinski definition) is 1. The zero-order valence-electron chi connectivity index (χ0n) is 11.2. The van der Waals surface area contributed by atoms with Crippen LogP contribution in [0.25, 0.3) is 0 Å². The van der Waals surface area contributed by atoms with E-state index in [1.54, 1.807) is 6.07 Å². The van der Waals surface area contributed by atoms with Crippen molar-refractivity contribution >= 4 is 11.4 Å². The van der Waals surface area contributed by atoms with Crippen molar-refractivity contribution in [3.63, 3.8) is 0 Å². The fourth-order valence-electron chi connectivity index (χ4n) is 2.52. The summed E-state index contributed by atoms with van der Waals surface area (Å²) in [4.78, 5) is 10.5. The summed E-state index contributed by atoms with van der Waals surface area (Å²) in [6, 6.07) is 4.85. The number of benzene rings is 1. The molecule has 1 N–H and O–H groups in total. The van der Waals surface area contributed by atoms with E-state index in [0.717, 1.165) is 12.2 Å². The molecule has 1 aromatic rings. The number of ether oxygens (including phenoxy) is 1. The largest absolute Gasteiger partial charge is 0.494 e. The molecular formula is C14H20N2O3. The first-order valence-electron chi connectivity index (χ1n) is 6.85. The quantitative estimate of drug-likeness (QED) is 0.630. The summed E-state index contributed by atoms with van der Waals surface area (Å²) in [6.07, 6.45) is 5.09. The van der Waals surface area contributed by atoms with E-state index in [4.69, 9.17) is 4.74 Å². The van der Waals surface area contributed by atoms with E-state index >= 15 is 0 Å². The molecule has 0 radical (unpaired) electrons. The lowest BCUT2D eigenvalue weighted by molar-refractivity contribution is -0.384. The van der Waals surface area contributed by atoms with Crippen LogP contribution in [0.3, 0.4) is 0 Å². The number of nitrogens with one attached hydrogen (secondary N) is 1. The molecule has 1 fully saturated rings. The predicted molar refractivity (Wildman–Crippen MR) is 74.7 cm³/mol. The lowest BCUT2D eigenvalue weighted by Gasteiger charge is -2.13. The van der Waals surface area contributed by atoms with Gasteiger partial charge in [0.1, 0.15) is 5.75 Å². The first kappa shape index (κ1) is 13.6. The number of rotatable bonds is 6. The number of nitro benzene ring substituents is 1. The van der Waals surface area contributed by atoms with Crippen LogP contribution in [0.5, 0.6) is 5.75 Å². The van der Waals surface area contributed by atoms with Crippen molar-refractivity contribution in [2.45, 2.75) is 32.6 Å². The van der Waals surface area contributed by atoms with Gasteiger partial charge in [-0.25, -0.2) is 0 Å². The van der Waals surface area contributed by atoms with Gasteiger partial charge in [-0.2, -0.15) is 0 Å². The average Bonchev–Trinajstić information content (AvgIpc) is 2.89. The van der Waals surface area contributed by atoms with Gasteiger partial charge in [-0.3, -0.25) is 10.1 Å². The Morgan fingerprint density at radius 1 is 1.37 bits per heavy atom. The van der Waals surface area contributed by atoms with Crippen molar-refractivity contribution in [2.24, 2.45) is 5.92 Å². The molecule has 1 aromatic carbocycles. The number of non-ortho nitro benzene ring substituents is 1. The van der Waals surface area contributed by atoms with Crippen molar-refractivity contribution in [1.82, 2.24) is 0 Å². The van der Waals surface area contributed by atoms with Crippen LogP contribution >= 0.6 is 0 Å². The van der Waals surface area contributed by atoms with Crippen LogP contribution < -0.4 is 10.1 Å². The second-order valence-electron chi connectivity index (χ2n) is 4.94. The molecule has 1 aliphatic rings. The molecule has 0 amide bonds. The van der Waals surface area contributed by atoms with Crippen LogP contribution in [-0.2, 0) is 0 Å². The molecule has 0 aromatic heterocycles. The number of nitro groups is 1. The molecule has 0 atom stereocenters. The Morgan fingerprint density at radius 2 is 2.11 bits per heavy atom. The van der Waals surface area contributed by atoms with Crippen molar-refractivity contribution < 1.29 is 9.66 Å². The topological polar surface area (TPSA) is 64.4 Å². The second kappa shape index (κ2) is 6.41. The Balaban J connectivity index is 2.06. The fourth-order valence-corrected chi connectivity index (χ4v) is 2.52. The first-order valence-corrected chi connectivity index (χ1v) is 6.85. The summed E-state index contributed by atoms with van der Waals surface area (Å²) < 4.78 is 5.36. The smallest absolute Gasteiger partial charge is 0.275 e. The average molecular weight is 264 g/mol. The minimum absolute atomic E-state index is 0.0693. The van der Waals surface area contributed by atoms with Gasteiger partial charge in [0.15, 0.2) is 0 Å². The molecule has 0 saturated heterocycles. The van der Waals surface area contributed by atoms with Crippen molar-refractivity contribution in [3.05, 3.63) is 28.3 Å². The van der Waals surface area contributed by atoms with E-state index in [1.165, 1.54) is 31.7 Å². The molecule has 0 unspecified atom stereocenters. The third kappa shape index (κ3) is 3.84. The van der Waals surface area contributed by atoms with E-state index in [2.05, 4.69) is 5.32 Å². The van der Waals surface area contributed by atoms with Gasteiger partial charge < -0.3 is 10.1 Å². The molecule has 1 aliphatic carbocycles. The lowest BCUT2D eigenvalue weighted by Crippen LogP contribution is -2.11. The summed E-state index contributed by atoms with van der Waals surface area (Å²) in [5, 5.41) is 14.2. The van der Waals surface area contributed by atoms with Gasteiger partial charge in [0.05, 0.1) is 17.6 Å². The maximum absolute atomic E-state index is 10.9. The maximum atomic E-state index is 10.9. The Hall–Kier alpha value is -1.78. The van der Waals surface area contributed by atoms with Gasteiger partial charge in [0.2, 0.25) is 0 Å². The summed E-state index contributed by atoms with van der Waals surface area (Å²) >= 11 is 0. The standard InChI is InChI=1S/C14H20N2O3/c1-2-19-14-8-12(7-13(9-14)16(17)18)15-10-11-5-3-4-6-11/h7-9,11,15H,2-6,10H2,1H3. The molecule has 2 rings (SSSR count). The highest BCUT2D eigenvalue weighted by molar-refractivity contribution is 5.56. The summed E-state index contributed by atoms with van der Waals surface area (Å²) in [6.45, 7) is 3.25. The molecule has 0 spiro atoms. The van der Waals surface area contributed by atoms with Gasteiger partial charge in [-0.05, 0) is 25.7 Å². The van der Waals surface area contributed by atoms with Crippen molar-refractivity contribution in [1.29, 1.82) is 0 Å². The van der Waals surface area contributed by atoms with Crippen LogP contribution in [-0.4, -0.2) is 18.1 Å². The fraction of sp³-hybridized carbons (Fsp3) is 0.571. The SMILES string of the molecule is CCOc1cc(NCC2CCCC2)cc([N+](=O)[O-])c1. The molecule has 0 aliphatic heterocycles. The molecule has 104 valence electrons. The van der Waals surface area contributed by atoms with Crippen molar-refractivity contribution in [3.8, 4) is 5.75 Å². The van der Waals surface area contributed by atoms with Gasteiger partial charge in [-0.1, -0.05) is 12.8 Å². The molecule has 5 heteroatoms. The maximum Gasteiger partial charge on any atom is 0.275 e. The van der Waals surface area contributed by atoms with Gasteiger partial charge in [-0.15, -0.1) is 0 Å². The summed E-state index contributed by atoms with van der Waals surface area (Å²) in [5.74, 6) is 1.24. The Bertz CT molecular complexity index is 442. The van der Waals surface area contributed by atoms with E-state index in [-0.39, 0.29) is 10.6 Å². The van der Waals surface area contributed by atoms with Crippen LogP contribution in [0, 0.1) is 16.0 Å². The third-order valence-corrected chi connectivity index (χ3v) is 3.48. The van der Waals surface area contributed by atoms with Crippen LogP contribution in [0.15, 0.2) is 18.2 Å². The van der Waals surface area contributed by atoms with Crippen LogP contribution in [0.4, 0.5) is 11.4 Å². The van der Waals surface area contributed by atoms with Crippen LogP contribution in [0.1, 0.15) is 32.6 Å². The Kier molecular flexibility index (Phi) is 4.60. The van der Waals surface area contributed by atoms with Gasteiger partial charge in [0.25, 0.3) is 5.69 Å². The van der Waals surface area contributed by atoms with Gasteiger partial charge >= 0.3 is 0 Å². The zero-order chi connectivity index (χ0) is 13.7. The molecule has 5 nitrogen and oxygen atoms in total. The lowest BCUT2D eigenvalue weighted by atomic mass is 10.1. The number of nitrogens with zero attached hydrogens (tertiary/aromatic N) is 1. The Morgan fingerprint density at radius 3 is 2.74 bits per heavy atom. The highest BCUT2D eigenvalue weighted by atomic mass is 16.6. The highest BCUT2D eigenvalue weighted by Crippen LogP contribution is 2.28. The van der Waals surface area contributed by atoms with Gasteiger partial charge in [0, 0.05) is 24.4 Å². The minimum Gasteiger partial charge on any atom is -0.494 e. The highest BCUT2D eigenvalue weighted by Gasteiger charge is 2.16. The molecular weight excluding hydrogens is 244 g/mol. The molecule has 0 heterocycles. The minimum atomic E-state index is -0.386. The summed E-state index contributed by atoms with van der Waals surface area (Å²) in [7, 11) is 0. The summed E-state index contributed by atoms with van der Waals surface area (Å²) in [5.41, 5.74) is 0.837. The second-order valence-corrected chi connectivity index (χ2v) is 4.94. The van der Waals surface area contributed by atoms with E-state index < -0.39 is 0 Å². The normalized spacial score (nSPS) is 15.4. The predicted octanol–water partition coefficient (Wildman–Crippen LogP) is 3.60. The van der Waals surface area contributed by atoms with Crippen LogP contribution in [0.2, 0.25) is 0 Å². The zero-order valence-corrected chi connectivity index (χ0v) is 11.2. The monoisotopic (exact) mass is 264 g/mol. The Labute approximate surface area is 113 Å². The van der Waals surface area contributed by atoms with E-state index in [1.807, 2.05) is 13.0 Å². The molecule has 0 bridgehead atoms. The van der Waals surface area contributed by atoms with E-state index in [0.29, 0.717) is 18.3 Å². The third-order valence-electron chi connectivity index (χ3n) is 3.48. The van der Waals surface area contributed by atoms with Crippen molar-refractivity contribution in [2.75, 3.05) is 18.5 Å². The van der Waals surface area contributed by atoms with E-state index in [9.17, 15) is 10.1 Å². The molecule has 19 heavy (non-hydrogen) atoms. The first-order chi connectivity index (χ1) is 9.19. The molecule has 1 saturated carbocycles.